The molecule has 1 heterocycles. The molecule has 2 aromatic carbocycles. The van der Waals surface area contributed by atoms with Crippen LogP contribution in [0.3, 0.4) is 0 Å². The smallest absolute Gasteiger partial charge is 0.258 e. The van der Waals surface area contributed by atoms with Crippen LogP contribution in [0.1, 0.15) is 21.5 Å². The molecule has 29 heavy (non-hydrogen) atoms. The zero-order valence-corrected chi connectivity index (χ0v) is 16.6. The fourth-order valence-corrected chi connectivity index (χ4v) is 2.78. The van der Waals surface area contributed by atoms with Crippen LogP contribution in [0.15, 0.2) is 66.9 Å². The van der Waals surface area contributed by atoms with Crippen LogP contribution in [0.2, 0.25) is 0 Å². The van der Waals surface area contributed by atoms with Gasteiger partial charge in [0.15, 0.2) is 6.29 Å². The molecular weight excluding hydrogens is 370 g/mol. The lowest BCUT2D eigenvalue weighted by molar-refractivity contribution is -0.0974. The predicted molar refractivity (Wildman–Crippen MR) is 109 cm³/mol. The lowest BCUT2D eigenvalue weighted by Gasteiger charge is -2.13. The molecule has 3 aromatic rings. The maximum absolute atomic E-state index is 12.7. The molecule has 0 radical (unpaired) electrons. The molecule has 0 aliphatic rings. The molecule has 7 nitrogen and oxygen atoms in total. The van der Waals surface area contributed by atoms with Crippen LogP contribution < -0.4 is 10.1 Å². The Bertz CT molecular complexity index is 893. The zero-order valence-electron chi connectivity index (χ0n) is 16.6. The van der Waals surface area contributed by atoms with Gasteiger partial charge in [0.2, 0.25) is 5.88 Å². The summed E-state index contributed by atoms with van der Waals surface area (Å²) in [7, 11) is 3.04. The Morgan fingerprint density at radius 3 is 2.24 bits per heavy atom. The average molecular weight is 395 g/mol. The second kappa shape index (κ2) is 10.4. The third kappa shape index (κ3) is 5.91. The van der Waals surface area contributed by atoms with E-state index in [4.69, 9.17) is 14.2 Å². The lowest BCUT2D eigenvalue weighted by Crippen LogP contribution is -2.34. The molecule has 1 aromatic heterocycles. The molecular formula is C22H25N3O4. The highest BCUT2D eigenvalue weighted by atomic mass is 16.7. The zero-order chi connectivity index (χ0) is 20.5. The Labute approximate surface area is 170 Å². The quantitative estimate of drug-likeness (QED) is 0.535. The van der Waals surface area contributed by atoms with Crippen molar-refractivity contribution < 1.29 is 19.0 Å². The van der Waals surface area contributed by atoms with Gasteiger partial charge in [-0.3, -0.25) is 9.48 Å². The minimum absolute atomic E-state index is 0.216. The van der Waals surface area contributed by atoms with Crippen LogP contribution in [0, 0.1) is 0 Å². The van der Waals surface area contributed by atoms with Crippen LogP contribution in [-0.2, 0) is 22.6 Å². The van der Waals surface area contributed by atoms with Crippen molar-refractivity contribution in [1.82, 2.24) is 15.1 Å². The maximum Gasteiger partial charge on any atom is 0.258 e. The van der Waals surface area contributed by atoms with Crippen molar-refractivity contribution in [2.75, 3.05) is 20.8 Å². The Hall–Kier alpha value is -3.16. The van der Waals surface area contributed by atoms with E-state index in [0.29, 0.717) is 18.7 Å². The summed E-state index contributed by atoms with van der Waals surface area (Å²) in [5, 5.41) is 7.27. The molecule has 0 atom stereocenters. The van der Waals surface area contributed by atoms with E-state index >= 15 is 0 Å². The summed E-state index contributed by atoms with van der Waals surface area (Å²) in [4.78, 5) is 12.7. The largest absolute Gasteiger partial charge is 0.471 e. The van der Waals surface area contributed by atoms with Gasteiger partial charge in [-0.2, -0.15) is 0 Å². The van der Waals surface area contributed by atoms with Gasteiger partial charge in [-0.15, -0.1) is 5.10 Å². The van der Waals surface area contributed by atoms with Gasteiger partial charge in [0.25, 0.3) is 5.91 Å². The van der Waals surface area contributed by atoms with E-state index in [-0.39, 0.29) is 18.3 Å². The van der Waals surface area contributed by atoms with Gasteiger partial charge in [0.1, 0.15) is 12.2 Å². The van der Waals surface area contributed by atoms with E-state index in [2.05, 4.69) is 10.4 Å². The lowest BCUT2D eigenvalue weighted by atomic mass is 10.2. The SMILES string of the molecule is COC(CNC(=O)c1cn(Cc2ccccc2)nc1OCc1ccccc1)OC. The van der Waals surface area contributed by atoms with E-state index in [1.54, 1.807) is 10.9 Å². The highest BCUT2D eigenvalue weighted by Gasteiger charge is 2.19. The molecule has 0 unspecified atom stereocenters. The molecule has 7 heteroatoms. The van der Waals surface area contributed by atoms with Crippen molar-refractivity contribution in [1.29, 1.82) is 0 Å². The molecule has 3 rings (SSSR count). The summed E-state index contributed by atoms with van der Waals surface area (Å²) in [5.41, 5.74) is 2.44. The molecule has 0 aliphatic carbocycles. The van der Waals surface area contributed by atoms with Gasteiger partial charge in [-0.1, -0.05) is 60.7 Å². The van der Waals surface area contributed by atoms with E-state index < -0.39 is 6.29 Å². The van der Waals surface area contributed by atoms with Gasteiger partial charge in [0.05, 0.1) is 13.1 Å². The number of benzene rings is 2. The number of carbonyl (C=O) groups is 1. The highest BCUT2D eigenvalue weighted by molar-refractivity contribution is 5.96. The molecule has 0 spiro atoms. The number of rotatable bonds is 10. The number of carbonyl (C=O) groups excluding carboxylic acids is 1. The van der Waals surface area contributed by atoms with Crippen molar-refractivity contribution in [3.63, 3.8) is 0 Å². The Balaban J connectivity index is 1.76. The predicted octanol–water partition coefficient (Wildman–Crippen LogP) is 2.86. The summed E-state index contributed by atoms with van der Waals surface area (Å²) >= 11 is 0. The van der Waals surface area contributed by atoms with Crippen molar-refractivity contribution in [3.05, 3.63) is 83.6 Å². The first-order valence-electron chi connectivity index (χ1n) is 9.31. The maximum atomic E-state index is 12.7. The summed E-state index contributed by atoms with van der Waals surface area (Å²) < 4.78 is 17.8. The first-order chi connectivity index (χ1) is 14.2. The Kier molecular flexibility index (Phi) is 7.38. The fraction of sp³-hybridized carbons (Fsp3) is 0.273. The Morgan fingerprint density at radius 2 is 1.62 bits per heavy atom. The highest BCUT2D eigenvalue weighted by Crippen LogP contribution is 2.19. The Morgan fingerprint density at radius 1 is 1.00 bits per heavy atom. The van der Waals surface area contributed by atoms with Crippen LogP contribution in [0.25, 0.3) is 0 Å². The van der Waals surface area contributed by atoms with E-state index in [9.17, 15) is 4.79 Å². The molecule has 1 N–H and O–H groups in total. The van der Waals surface area contributed by atoms with Gasteiger partial charge in [0, 0.05) is 20.4 Å². The number of aromatic nitrogens is 2. The van der Waals surface area contributed by atoms with E-state index in [1.165, 1.54) is 14.2 Å². The van der Waals surface area contributed by atoms with Gasteiger partial charge in [-0.05, 0) is 11.1 Å². The topological polar surface area (TPSA) is 74.6 Å². The van der Waals surface area contributed by atoms with E-state index in [1.807, 2.05) is 60.7 Å². The normalized spacial score (nSPS) is 10.9. The number of ether oxygens (including phenoxy) is 3. The summed E-state index contributed by atoms with van der Waals surface area (Å²) in [6, 6.07) is 19.7. The van der Waals surface area contributed by atoms with Gasteiger partial charge in [-0.25, -0.2) is 0 Å². The first-order valence-corrected chi connectivity index (χ1v) is 9.31. The van der Waals surface area contributed by atoms with Gasteiger partial charge < -0.3 is 19.5 Å². The third-order valence-electron chi connectivity index (χ3n) is 4.33. The number of nitrogens with zero attached hydrogens (tertiary/aromatic N) is 2. The molecule has 0 saturated heterocycles. The van der Waals surface area contributed by atoms with Crippen molar-refractivity contribution in [2.24, 2.45) is 0 Å². The molecule has 0 bridgehead atoms. The van der Waals surface area contributed by atoms with Crippen molar-refractivity contribution >= 4 is 5.91 Å². The second-order valence-corrected chi connectivity index (χ2v) is 6.42. The van der Waals surface area contributed by atoms with Crippen LogP contribution in [0.5, 0.6) is 5.88 Å². The van der Waals surface area contributed by atoms with Gasteiger partial charge >= 0.3 is 0 Å². The number of hydrogen-bond acceptors (Lipinski definition) is 5. The van der Waals surface area contributed by atoms with Crippen LogP contribution >= 0.6 is 0 Å². The summed E-state index contributed by atoms with van der Waals surface area (Å²) in [6.45, 7) is 1.07. The summed E-state index contributed by atoms with van der Waals surface area (Å²) in [6.07, 6.45) is 1.17. The number of methoxy groups -OCH3 is 2. The first kappa shape index (κ1) is 20.6. The third-order valence-corrected chi connectivity index (χ3v) is 4.33. The average Bonchev–Trinajstić information content (AvgIpc) is 3.17. The minimum atomic E-state index is -0.521. The number of hydrogen-bond donors (Lipinski definition) is 1. The summed E-state index contributed by atoms with van der Waals surface area (Å²) in [5.74, 6) is -0.0138. The van der Waals surface area contributed by atoms with Crippen LogP contribution in [0.4, 0.5) is 0 Å². The fourth-order valence-electron chi connectivity index (χ4n) is 2.78. The standard InChI is InChI=1S/C22H25N3O4/c1-27-20(28-2)13-23-21(26)19-15-25(14-17-9-5-3-6-10-17)24-22(19)29-16-18-11-7-4-8-12-18/h3-12,15,20H,13-14,16H2,1-2H3,(H,23,26). The monoisotopic (exact) mass is 395 g/mol. The van der Waals surface area contributed by atoms with E-state index in [0.717, 1.165) is 11.1 Å². The molecule has 152 valence electrons. The number of nitrogens with one attached hydrogen (secondary N) is 1. The minimum Gasteiger partial charge on any atom is -0.471 e. The van der Waals surface area contributed by atoms with Crippen molar-refractivity contribution in [2.45, 2.75) is 19.4 Å². The van der Waals surface area contributed by atoms with Crippen LogP contribution in [-0.4, -0.2) is 42.7 Å². The molecule has 1 amide bonds. The number of amides is 1. The molecule has 0 saturated carbocycles. The van der Waals surface area contributed by atoms with Crippen molar-refractivity contribution in [3.8, 4) is 5.88 Å². The molecule has 0 fully saturated rings. The molecule has 0 aliphatic heterocycles. The second-order valence-electron chi connectivity index (χ2n) is 6.42.